The van der Waals surface area contributed by atoms with E-state index in [2.05, 4.69) is 10.3 Å². The SMILES string of the molecule is CNc1[nH]c(C)c(C)c1C(=N)Oc1cccc([N+](=O)[O-])c1. The average Bonchev–Trinajstić information content (AvgIpc) is 2.74. The molecule has 7 heteroatoms. The molecule has 2 aromatic rings. The van der Waals surface area contributed by atoms with E-state index in [4.69, 9.17) is 10.1 Å². The van der Waals surface area contributed by atoms with Crippen LogP contribution in [0, 0.1) is 29.4 Å². The van der Waals surface area contributed by atoms with Crippen molar-refractivity contribution in [1.29, 1.82) is 5.41 Å². The monoisotopic (exact) mass is 288 g/mol. The summed E-state index contributed by atoms with van der Waals surface area (Å²) in [5, 5.41) is 21.8. The summed E-state index contributed by atoms with van der Waals surface area (Å²) in [6.45, 7) is 3.79. The highest BCUT2D eigenvalue weighted by Gasteiger charge is 2.18. The predicted octanol–water partition coefficient (Wildman–Crippen LogP) is 2.99. The fourth-order valence-corrected chi connectivity index (χ4v) is 2.02. The van der Waals surface area contributed by atoms with Gasteiger partial charge in [0.25, 0.3) is 5.69 Å². The van der Waals surface area contributed by atoms with E-state index in [1.54, 1.807) is 13.1 Å². The van der Waals surface area contributed by atoms with Crippen LogP contribution < -0.4 is 10.1 Å². The molecule has 0 aliphatic rings. The lowest BCUT2D eigenvalue weighted by Gasteiger charge is -2.09. The number of non-ortho nitro benzene ring substituents is 1. The molecule has 0 unspecified atom stereocenters. The molecule has 21 heavy (non-hydrogen) atoms. The number of anilines is 1. The maximum Gasteiger partial charge on any atom is 0.273 e. The van der Waals surface area contributed by atoms with Crippen molar-refractivity contribution in [3.05, 3.63) is 51.2 Å². The third-order valence-corrected chi connectivity index (χ3v) is 3.23. The average molecular weight is 288 g/mol. The van der Waals surface area contributed by atoms with Gasteiger partial charge in [0.2, 0.25) is 5.90 Å². The van der Waals surface area contributed by atoms with Crippen molar-refractivity contribution in [1.82, 2.24) is 4.98 Å². The second-order valence-electron chi connectivity index (χ2n) is 4.56. The van der Waals surface area contributed by atoms with Crippen LogP contribution in [0.3, 0.4) is 0 Å². The zero-order chi connectivity index (χ0) is 15.6. The molecule has 1 aromatic carbocycles. The van der Waals surface area contributed by atoms with Gasteiger partial charge in [-0.05, 0) is 25.5 Å². The number of nitro benzene ring substituents is 1. The Balaban J connectivity index is 2.30. The molecule has 1 aromatic heterocycles. The zero-order valence-electron chi connectivity index (χ0n) is 12.0. The van der Waals surface area contributed by atoms with Gasteiger partial charge in [-0.2, -0.15) is 0 Å². The highest BCUT2D eigenvalue weighted by Crippen LogP contribution is 2.25. The van der Waals surface area contributed by atoms with Crippen LogP contribution in [0.2, 0.25) is 0 Å². The summed E-state index contributed by atoms with van der Waals surface area (Å²) in [6, 6.07) is 5.77. The van der Waals surface area contributed by atoms with E-state index < -0.39 is 4.92 Å². The molecule has 0 aliphatic heterocycles. The van der Waals surface area contributed by atoms with E-state index in [9.17, 15) is 10.1 Å². The normalized spacial score (nSPS) is 10.2. The number of nitro groups is 1. The van der Waals surface area contributed by atoms with E-state index in [0.717, 1.165) is 11.3 Å². The van der Waals surface area contributed by atoms with Crippen molar-refractivity contribution in [3.63, 3.8) is 0 Å². The van der Waals surface area contributed by atoms with Crippen LogP contribution in [0.15, 0.2) is 24.3 Å². The van der Waals surface area contributed by atoms with Crippen LogP contribution in [0.1, 0.15) is 16.8 Å². The molecule has 3 N–H and O–H groups in total. The third-order valence-electron chi connectivity index (χ3n) is 3.23. The Morgan fingerprint density at radius 1 is 1.43 bits per heavy atom. The van der Waals surface area contributed by atoms with Crippen molar-refractivity contribution in [3.8, 4) is 5.75 Å². The molecule has 110 valence electrons. The maximum absolute atomic E-state index is 10.7. The minimum atomic E-state index is -0.499. The molecule has 0 bridgehead atoms. The Bertz CT molecular complexity index is 706. The van der Waals surface area contributed by atoms with Gasteiger partial charge in [-0.15, -0.1) is 0 Å². The van der Waals surface area contributed by atoms with Crippen molar-refractivity contribution < 1.29 is 9.66 Å². The molecular formula is C14H16N4O3. The van der Waals surface area contributed by atoms with Crippen molar-refractivity contribution in [2.75, 3.05) is 12.4 Å². The lowest BCUT2D eigenvalue weighted by Crippen LogP contribution is -2.11. The Kier molecular flexibility index (Phi) is 3.93. The number of hydrogen-bond donors (Lipinski definition) is 3. The van der Waals surface area contributed by atoms with Gasteiger partial charge in [-0.25, -0.2) is 0 Å². The van der Waals surface area contributed by atoms with Crippen molar-refractivity contribution in [2.45, 2.75) is 13.8 Å². The maximum atomic E-state index is 10.7. The first-order valence-electron chi connectivity index (χ1n) is 6.32. The van der Waals surface area contributed by atoms with E-state index >= 15 is 0 Å². The first kappa shape index (κ1) is 14.6. The molecule has 0 saturated carbocycles. The lowest BCUT2D eigenvalue weighted by molar-refractivity contribution is -0.384. The van der Waals surface area contributed by atoms with Gasteiger partial charge < -0.3 is 15.0 Å². The number of rotatable bonds is 4. The number of benzene rings is 1. The first-order chi connectivity index (χ1) is 9.93. The van der Waals surface area contributed by atoms with E-state index in [1.807, 2.05) is 13.8 Å². The molecule has 0 fully saturated rings. The van der Waals surface area contributed by atoms with Gasteiger partial charge in [0.15, 0.2) is 0 Å². The molecule has 2 rings (SSSR count). The Hall–Kier alpha value is -2.83. The van der Waals surface area contributed by atoms with Gasteiger partial charge in [0.1, 0.15) is 11.6 Å². The number of aromatic nitrogens is 1. The van der Waals surface area contributed by atoms with Gasteiger partial charge in [0, 0.05) is 18.8 Å². The summed E-state index contributed by atoms with van der Waals surface area (Å²) in [4.78, 5) is 13.4. The van der Waals surface area contributed by atoms with E-state index in [-0.39, 0.29) is 17.3 Å². The van der Waals surface area contributed by atoms with Gasteiger partial charge in [-0.3, -0.25) is 15.5 Å². The van der Waals surface area contributed by atoms with Crippen LogP contribution in [-0.2, 0) is 0 Å². The Morgan fingerprint density at radius 3 is 2.76 bits per heavy atom. The van der Waals surface area contributed by atoms with E-state index in [1.165, 1.54) is 18.2 Å². The Labute approximate surface area is 121 Å². The summed E-state index contributed by atoms with van der Waals surface area (Å²) in [5.41, 5.74) is 2.37. The van der Waals surface area contributed by atoms with Crippen LogP contribution in [-0.4, -0.2) is 22.9 Å². The molecule has 0 radical (unpaired) electrons. The second kappa shape index (κ2) is 5.66. The number of aryl methyl sites for hydroxylation is 1. The van der Waals surface area contributed by atoms with Crippen LogP contribution in [0.5, 0.6) is 5.75 Å². The number of ether oxygens (including phenoxy) is 1. The minimum absolute atomic E-state index is 0.0679. The number of nitrogens with zero attached hydrogens (tertiary/aromatic N) is 1. The van der Waals surface area contributed by atoms with Crippen LogP contribution in [0.4, 0.5) is 11.5 Å². The lowest BCUT2D eigenvalue weighted by atomic mass is 10.1. The molecule has 0 atom stereocenters. The quantitative estimate of drug-likeness (QED) is 0.348. The highest BCUT2D eigenvalue weighted by atomic mass is 16.6. The number of nitrogens with one attached hydrogen (secondary N) is 3. The largest absolute Gasteiger partial charge is 0.439 e. The van der Waals surface area contributed by atoms with Crippen LogP contribution >= 0.6 is 0 Å². The summed E-state index contributed by atoms with van der Waals surface area (Å²) in [7, 11) is 1.74. The van der Waals surface area contributed by atoms with Crippen molar-refractivity contribution >= 4 is 17.4 Å². The molecule has 1 heterocycles. The molecule has 0 spiro atoms. The summed E-state index contributed by atoms with van der Waals surface area (Å²) >= 11 is 0. The molecule has 0 saturated heterocycles. The molecular weight excluding hydrogens is 272 g/mol. The summed E-state index contributed by atoms with van der Waals surface area (Å²) in [6.07, 6.45) is 0. The summed E-state index contributed by atoms with van der Waals surface area (Å²) in [5.74, 6) is 0.872. The predicted molar refractivity (Wildman–Crippen MR) is 80.4 cm³/mol. The topological polar surface area (TPSA) is 104 Å². The van der Waals surface area contributed by atoms with Gasteiger partial charge >= 0.3 is 0 Å². The standard InChI is InChI=1S/C14H16N4O3/c1-8-9(2)17-14(16-3)12(8)13(15)21-11-6-4-5-10(7-11)18(19)20/h4-7,15-17H,1-3H3. The van der Waals surface area contributed by atoms with Crippen LogP contribution in [0.25, 0.3) is 0 Å². The second-order valence-corrected chi connectivity index (χ2v) is 4.56. The molecule has 0 aliphatic carbocycles. The number of hydrogen-bond acceptors (Lipinski definition) is 5. The van der Waals surface area contributed by atoms with E-state index in [0.29, 0.717) is 11.4 Å². The Morgan fingerprint density at radius 2 is 2.14 bits per heavy atom. The smallest absolute Gasteiger partial charge is 0.273 e. The highest BCUT2D eigenvalue weighted by molar-refractivity contribution is 6.00. The number of aromatic amines is 1. The van der Waals surface area contributed by atoms with Crippen molar-refractivity contribution in [2.24, 2.45) is 0 Å². The number of H-pyrrole nitrogens is 1. The zero-order valence-corrected chi connectivity index (χ0v) is 12.0. The summed E-state index contributed by atoms with van der Waals surface area (Å²) < 4.78 is 5.45. The fraction of sp³-hybridized carbons (Fsp3) is 0.214. The van der Waals surface area contributed by atoms with Gasteiger partial charge in [-0.1, -0.05) is 6.07 Å². The minimum Gasteiger partial charge on any atom is -0.439 e. The van der Waals surface area contributed by atoms with Gasteiger partial charge in [0.05, 0.1) is 16.6 Å². The first-order valence-corrected chi connectivity index (χ1v) is 6.32. The molecule has 0 amide bonds. The fourth-order valence-electron chi connectivity index (χ4n) is 2.02. The third kappa shape index (κ3) is 2.86. The molecule has 7 nitrogen and oxygen atoms in total.